The molecule has 0 aliphatic rings. The molecule has 180 valence electrons. The van der Waals surface area contributed by atoms with Crippen LogP contribution in [0.25, 0.3) is 11.4 Å². The van der Waals surface area contributed by atoms with Gasteiger partial charge < -0.3 is 4.74 Å². The number of ketones is 1. The molecule has 0 unspecified atom stereocenters. The lowest BCUT2D eigenvalue weighted by atomic mass is 10.1. The minimum atomic E-state index is -2.89. The number of nitrogens with one attached hydrogen (secondary N) is 2. The molecule has 2 aromatic heterocycles. The van der Waals surface area contributed by atoms with Crippen molar-refractivity contribution in [3.63, 3.8) is 0 Å². The van der Waals surface area contributed by atoms with Crippen LogP contribution in [0.5, 0.6) is 0 Å². The first kappa shape index (κ1) is 23.2. The van der Waals surface area contributed by atoms with Gasteiger partial charge in [0, 0.05) is 0 Å². The first-order valence-corrected chi connectivity index (χ1v) is 10.4. The quantitative estimate of drug-likeness (QED) is 0.261. The van der Waals surface area contributed by atoms with Crippen LogP contribution in [0.1, 0.15) is 13.8 Å². The lowest BCUT2D eigenvalue weighted by Crippen LogP contribution is -2.62. The van der Waals surface area contributed by atoms with E-state index >= 15 is 0 Å². The van der Waals surface area contributed by atoms with Crippen molar-refractivity contribution in [2.75, 3.05) is 6.61 Å². The zero-order valence-corrected chi connectivity index (χ0v) is 18.6. The smallest absolute Gasteiger partial charge is 0.365 e. The van der Waals surface area contributed by atoms with E-state index in [9.17, 15) is 28.8 Å². The van der Waals surface area contributed by atoms with Crippen LogP contribution >= 0.6 is 0 Å². The van der Waals surface area contributed by atoms with E-state index in [1.54, 1.807) is 36.4 Å². The summed E-state index contributed by atoms with van der Waals surface area (Å²) in [4.78, 5) is 78.8. The minimum absolute atomic E-state index is 0.140. The number of hydrogen-bond acceptors (Lipinski definition) is 7. The van der Waals surface area contributed by atoms with Crippen LogP contribution in [0, 0.1) is 0 Å². The summed E-state index contributed by atoms with van der Waals surface area (Å²) in [6.07, 6.45) is 0. The summed E-state index contributed by atoms with van der Waals surface area (Å²) in [7, 11) is 0. The highest BCUT2D eigenvalue weighted by Crippen LogP contribution is 2.19. The van der Waals surface area contributed by atoms with Gasteiger partial charge in [-0.1, -0.05) is 36.4 Å². The number of Topliss-reactive ketones (excluding diaryl/α,β-unsaturated/α-hetero) is 1. The first-order chi connectivity index (χ1) is 16.7. The van der Waals surface area contributed by atoms with Crippen molar-refractivity contribution in [1.82, 2.24) is 28.7 Å². The number of carbonyl (C=O) groups excluding carboxylic acids is 2. The molecule has 4 rings (SSSR count). The molecule has 13 nitrogen and oxygen atoms in total. The normalized spacial score (nSPS) is 11.4. The highest BCUT2D eigenvalue weighted by Gasteiger charge is 2.54. The van der Waals surface area contributed by atoms with Crippen molar-refractivity contribution in [2.24, 2.45) is 0 Å². The van der Waals surface area contributed by atoms with E-state index in [1.165, 1.54) is 31.2 Å². The fraction of sp³-hybridized carbons (Fsp3) is 0.182. The Hall–Kier alpha value is -4.94. The predicted octanol–water partition coefficient (Wildman–Crippen LogP) is -0.679. The van der Waals surface area contributed by atoms with Crippen molar-refractivity contribution < 1.29 is 14.3 Å². The van der Waals surface area contributed by atoms with Gasteiger partial charge in [0.25, 0.3) is 0 Å². The number of aromatic nitrogens is 6. The van der Waals surface area contributed by atoms with Crippen molar-refractivity contribution in [2.45, 2.75) is 19.5 Å². The van der Waals surface area contributed by atoms with Gasteiger partial charge in [-0.25, -0.2) is 43.3 Å². The second-order valence-electron chi connectivity index (χ2n) is 7.36. The summed E-state index contributed by atoms with van der Waals surface area (Å²) in [5.74, 6) is -2.44. The number of rotatable bonds is 7. The van der Waals surface area contributed by atoms with Crippen LogP contribution in [-0.4, -0.2) is 47.1 Å². The standard InChI is InChI=1S/C22H20N6O7/c1-3-35-17(30)22(14(2)29,27-20(33)25(18(31)23-27)15-10-6-4-7-11-15)28-21(34)26(19(32)24-28)16-12-8-5-9-13-16/h4-13H,3H2,1-2H3,(H,23,31)(H,24,32). The molecule has 0 radical (unpaired) electrons. The van der Waals surface area contributed by atoms with Crippen LogP contribution in [0.15, 0.2) is 79.8 Å². The Bertz CT molecular complexity index is 1530. The number of benzene rings is 2. The van der Waals surface area contributed by atoms with E-state index in [0.29, 0.717) is 18.5 Å². The van der Waals surface area contributed by atoms with Crippen LogP contribution < -0.4 is 22.8 Å². The number of hydrogen-bond donors (Lipinski definition) is 2. The monoisotopic (exact) mass is 480 g/mol. The highest BCUT2D eigenvalue weighted by molar-refractivity contribution is 6.04. The first-order valence-electron chi connectivity index (χ1n) is 10.4. The largest absolute Gasteiger partial charge is 0.462 e. The van der Waals surface area contributed by atoms with Gasteiger partial charge >= 0.3 is 34.4 Å². The molecule has 0 spiro atoms. The van der Waals surface area contributed by atoms with Crippen LogP contribution in [0.2, 0.25) is 0 Å². The molecule has 0 saturated carbocycles. The zero-order valence-electron chi connectivity index (χ0n) is 18.6. The molecule has 0 atom stereocenters. The van der Waals surface area contributed by atoms with E-state index in [1.807, 2.05) is 0 Å². The molecule has 4 aromatic rings. The Morgan fingerprint density at radius 3 is 1.51 bits per heavy atom. The second-order valence-corrected chi connectivity index (χ2v) is 7.36. The lowest BCUT2D eigenvalue weighted by Gasteiger charge is -2.28. The number of carbonyl (C=O) groups is 2. The number of ether oxygens (including phenoxy) is 1. The number of para-hydroxylation sites is 2. The molecule has 0 aliphatic heterocycles. The summed E-state index contributed by atoms with van der Waals surface area (Å²) < 4.78 is 7.17. The molecule has 0 fully saturated rings. The average Bonchev–Trinajstić information content (AvgIpc) is 3.30. The summed E-state index contributed by atoms with van der Waals surface area (Å²) in [5.41, 5.74) is -6.89. The number of esters is 1. The van der Waals surface area contributed by atoms with E-state index in [-0.39, 0.29) is 18.0 Å². The van der Waals surface area contributed by atoms with Gasteiger partial charge in [0.15, 0.2) is 5.78 Å². The van der Waals surface area contributed by atoms with E-state index in [2.05, 4.69) is 10.2 Å². The van der Waals surface area contributed by atoms with Gasteiger partial charge in [-0.3, -0.25) is 4.79 Å². The summed E-state index contributed by atoms with van der Waals surface area (Å²) in [5, 5.41) is 4.33. The third kappa shape index (κ3) is 3.49. The Morgan fingerprint density at radius 2 is 1.17 bits per heavy atom. The topological polar surface area (TPSA) is 163 Å². The highest BCUT2D eigenvalue weighted by atomic mass is 16.5. The van der Waals surface area contributed by atoms with Crippen LogP contribution in [-0.2, 0) is 20.0 Å². The predicted molar refractivity (Wildman–Crippen MR) is 122 cm³/mol. The number of aromatic amines is 2. The molecule has 35 heavy (non-hydrogen) atoms. The SMILES string of the molecule is CCOC(=O)C(C(C)=O)(n1[nH]c(=O)n(-c2ccccc2)c1=O)n1[nH]c(=O)n(-c2ccccc2)c1=O. The molecule has 2 N–H and O–H groups in total. The maximum absolute atomic E-state index is 13.4. The average molecular weight is 480 g/mol. The number of H-pyrrole nitrogens is 2. The van der Waals surface area contributed by atoms with E-state index < -0.39 is 40.2 Å². The second kappa shape index (κ2) is 8.78. The molecule has 13 heteroatoms. The van der Waals surface area contributed by atoms with Crippen molar-refractivity contribution in [1.29, 1.82) is 0 Å². The van der Waals surface area contributed by atoms with Crippen molar-refractivity contribution in [3.05, 3.63) is 103 Å². The van der Waals surface area contributed by atoms with E-state index in [0.717, 1.165) is 6.92 Å². The third-order valence-corrected chi connectivity index (χ3v) is 5.31. The van der Waals surface area contributed by atoms with Gasteiger partial charge in [-0.2, -0.15) is 9.36 Å². The fourth-order valence-electron chi connectivity index (χ4n) is 3.78. The minimum Gasteiger partial charge on any atom is -0.462 e. The van der Waals surface area contributed by atoms with Crippen LogP contribution in [0.3, 0.4) is 0 Å². The Labute approximate surface area is 195 Å². The Morgan fingerprint density at radius 1 is 0.771 bits per heavy atom. The molecule has 2 heterocycles. The molecule has 2 aromatic carbocycles. The maximum Gasteiger partial charge on any atom is 0.365 e. The van der Waals surface area contributed by atoms with Gasteiger partial charge in [-0.05, 0) is 38.1 Å². The van der Waals surface area contributed by atoms with Gasteiger partial charge in [0.2, 0.25) is 0 Å². The lowest BCUT2D eigenvalue weighted by molar-refractivity contribution is -0.162. The Kier molecular flexibility index (Phi) is 5.82. The summed E-state index contributed by atoms with van der Waals surface area (Å²) >= 11 is 0. The van der Waals surface area contributed by atoms with Gasteiger partial charge in [0.05, 0.1) is 18.0 Å². The molecule has 0 amide bonds. The zero-order chi connectivity index (χ0) is 25.3. The van der Waals surface area contributed by atoms with Gasteiger partial charge in [-0.15, -0.1) is 0 Å². The molecule has 0 aliphatic carbocycles. The maximum atomic E-state index is 13.4. The summed E-state index contributed by atoms with van der Waals surface area (Å²) in [6, 6.07) is 15.5. The third-order valence-electron chi connectivity index (χ3n) is 5.31. The van der Waals surface area contributed by atoms with Crippen LogP contribution in [0.4, 0.5) is 0 Å². The molecular weight excluding hydrogens is 460 g/mol. The van der Waals surface area contributed by atoms with Crippen molar-refractivity contribution >= 4 is 11.8 Å². The molecule has 0 bridgehead atoms. The Balaban J connectivity index is 2.11. The van der Waals surface area contributed by atoms with Gasteiger partial charge in [0.1, 0.15) is 0 Å². The van der Waals surface area contributed by atoms with Crippen molar-refractivity contribution in [3.8, 4) is 11.4 Å². The molecule has 0 saturated heterocycles. The number of nitrogens with zero attached hydrogens (tertiary/aromatic N) is 4. The van der Waals surface area contributed by atoms with E-state index in [4.69, 9.17) is 4.74 Å². The summed E-state index contributed by atoms with van der Waals surface area (Å²) in [6.45, 7) is 2.14. The fourth-order valence-corrected chi connectivity index (χ4v) is 3.78. The molecular formula is C22H20N6O7.